The normalized spacial score (nSPS) is 18.1. The van der Waals surface area contributed by atoms with Crippen molar-refractivity contribution in [1.82, 2.24) is 9.97 Å². The lowest BCUT2D eigenvalue weighted by Crippen LogP contribution is -2.15. The van der Waals surface area contributed by atoms with Crippen LogP contribution in [0.5, 0.6) is 0 Å². The molecule has 35 heavy (non-hydrogen) atoms. The standard InChI is InChI=1S/C32H49FN2/c1-3-5-7-8-9-10-12-14-27-19-22-29(23-20-27)30-25-34-31(35-32(30)33)24-21-28-17-15-26(16-18-28)13-11-6-4-2/h19-20,22-23,25-26,28H,3-18,21,24H2,1-2H3/t26-,28-. The van der Waals surface area contributed by atoms with Gasteiger partial charge in [0, 0.05) is 12.6 Å². The molecule has 3 rings (SSSR count). The highest BCUT2D eigenvalue weighted by molar-refractivity contribution is 5.62. The lowest BCUT2D eigenvalue weighted by Gasteiger charge is -2.28. The summed E-state index contributed by atoms with van der Waals surface area (Å²) in [5, 5.41) is 0. The predicted molar refractivity (Wildman–Crippen MR) is 147 cm³/mol. The monoisotopic (exact) mass is 480 g/mol. The Labute approximate surface area is 214 Å². The van der Waals surface area contributed by atoms with E-state index in [1.165, 1.54) is 102 Å². The number of halogens is 1. The van der Waals surface area contributed by atoms with Crippen LogP contribution in [0.15, 0.2) is 30.5 Å². The van der Waals surface area contributed by atoms with Crippen LogP contribution in [0, 0.1) is 17.8 Å². The number of benzene rings is 1. The summed E-state index contributed by atoms with van der Waals surface area (Å²) in [5.74, 6) is 1.97. The first kappa shape index (κ1) is 27.8. The zero-order chi connectivity index (χ0) is 24.7. The number of nitrogens with zero attached hydrogens (tertiary/aromatic N) is 2. The molecule has 1 aromatic carbocycles. The highest BCUT2D eigenvalue weighted by Gasteiger charge is 2.21. The molecule has 1 aliphatic carbocycles. The molecule has 0 N–H and O–H groups in total. The van der Waals surface area contributed by atoms with Crippen molar-refractivity contribution in [3.8, 4) is 11.1 Å². The molecule has 194 valence electrons. The maximum atomic E-state index is 14.8. The van der Waals surface area contributed by atoms with Crippen molar-refractivity contribution in [3.63, 3.8) is 0 Å². The summed E-state index contributed by atoms with van der Waals surface area (Å²) in [6.45, 7) is 4.54. The van der Waals surface area contributed by atoms with Gasteiger partial charge in [-0.3, -0.25) is 0 Å². The van der Waals surface area contributed by atoms with Crippen LogP contribution in [0.25, 0.3) is 11.1 Å². The van der Waals surface area contributed by atoms with Gasteiger partial charge in [0.1, 0.15) is 5.82 Å². The van der Waals surface area contributed by atoms with E-state index in [9.17, 15) is 4.39 Å². The second kappa shape index (κ2) is 16.1. The first-order chi connectivity index (χ1) is 17.2. The number of aromatic nitrogens is 2. The highest BCUT2D eigenvalue weighted by Crippen LogP contribution is 2.34. The van der Waals surface area contributed by atoms with Gasteiger partial charge in [-0.15, -0.1) is 0 Å². The van der Waals surface area contributed by atoms with Crippen LogP contribution in [0.2, 0.25) is 0 Å². The Kier molecular flexibility index (Phi) is 12.8. The summed E-state index contributed by atoms with van der Waals surface area (Å²) in [7, 11) is 0. The molecule has 1 fully saturated rings. The fourth-order valence-corrected chi connectivity index (χ4v) is 5.67. The Balaban J connectivity index is 1.39. The van der Waals surface area contributed by atoms with Gasteiger partial charge in [-0.2, -0.15) is 4.39 Å². The van der Waals surface area contributed by atoms with E-state index in [1.54, 1.807) is 6.20 Å². The number of hydrogen-bond donors (Lipinski definition) is 0. The Bertz CT molecular complexity index is 824. The van der Waals surface area contributed by atoms with Crippen LogP contribution in [0.3, 0.4) is 0 Å². The van der Waals surface area contributed by atoms with Crippen molar-refractivity contribution in [2.75, 3.05) is 0 Å². The van der Waals surface area contributed by atoms with E-state index < -0.39 is 0 Å². The van der Waals surface area contributed by atoms with Gasteiger partial charge in [-0.1, -0.05) is 128 Å². The number of unbranched alkanes of at least 4 members (excludes halogenated alkanes) is 8. The van der Waals surface area contributed by atoms with E-state index in [1.807, 2.05) is 12.1 Å². The third-order valence-corrected chi connectivity index (χ3v) is 8.08. The fourth-order valence-electron chi connectivity index (χ4n) is 5.67. The molecular formula is C32H49FN2. The van der Waals surface area contributed by atoms with Crippen LogP contribution in [-0.4, -0.2) is 9.97 Å². The van der Waals surface area contributed by atoms with E-state index in [4.69, 9.17) is 0 Å². The van der Waals surface area contributed by atoms with Gasteiger partial charge in [0.05, 0.1) is 5.56 Å². The van der Waals surface area contributed by atoms with Crippen molar-refractivity contribution in [3.05, 3.63) is 47.8 Å². The van der Waals surface area contributed by atoms with E-state index in [-0.39, 0.29) is 5.95 Å². The molecule has 2 aromatic rings. The van der Waals surface area contributed by atoms with Gasteiger partial charge in [0.25, 0.3) is 0 Å². The molecule has 0 bridgehead atoms. The van der Waals surface area contributed by atoms with Crippen molar-refractivity contribution in [2.24, 2.45) is 11.8 Å². The fraction of sp³-hybridized carbons (Fsp3) is 0.688. The van der Waals surface area contributed by atoms with Gasteiger partial charge < -0.3 is 0 Å². The maximum Gasteiger partial charge on any atom is 0.224 e. The Morgan fingerprint density at radius 1 is 0.714 bits per heavy atom. The molecule has 0 atom stereocenters. The first-order valence-corrected chi connectivity index (χ1v) is 14.8. The van der Waals surface area contributed by atoms with Gasteiger partial charge in [-0.05, 0) is 42.2 Å². The zero-order valence-electron chi connectivity index (χ0n) is 22.5. The van der Waals surface area contributed by atoms with Crippen molar-refractivity contribution >= 4 is 0 Å². The highest BCUT2D eigenvalue weighted by atomic mass is 19.1. The molecule has 1 heterocycles. The van der Waals surface area contributed by atoms with E-state index in [0.29, 0.717) is 11.4 Å². The lowest BCUT2D eigenvalue weighted by atomic mass is 9.78. The maximum absolute atomic E-state index is 14.8. The SMILES string of the molecule is CCCCCCCCCc1ccc(-c2cnc(CC[C@H]3CC[C@H](CCCCC)CC3)nc2F)cc1. The smallest absolute Gasteiger partial charge is 0.224 e. The summed E-state index contributed by atoms with van der Waals surface area (Å²) in [5.41, 5.74) is 2.72. The summed E-state index contributed by atoms with van der Waals surface area (Å²) < 4.78 is 14.8. The molecule has 3 heteroatoms. The van der Waals surface area contributed by atoms with Crippen molar-refractivity contribution < 1.29 is 4.39 Å². The van der Waals surface area contributed by atoms with Crippen LogP contribution in [0.4, 0.5) is 4.39 Å². The summed E-state index contributed by atoms with van der Waals surface area (Å²) in [6, 6.07) is 8.32. The van der Waals surface area contributed by atoms with Crippen LogP contribution in [0.1, 0.15) is 128 Å². The van der Waals surface area contributed by atoms with Crippen molar-refractivity contribution in [2.45, 2.75) is 129 Å². The molecular weight excluding hydrogens is 431 g/mol. The second-order valence-corrected chi connectivity index (χ2v) is 11.0. The Morgan fingerprint density at radius 3 is 1.97 bits per heavy atom. The molecule has 0 unspecified atom stereocenters. The summed E-state index contributed by atoms with van der Waals surface area (Å²) in [4.78, 5) is 8.76. The van der Waals surface area contributed by atoms with E-state index >= 15 is 0 Å². The molecule has 2 nitrogen and oxygen atoms in total. The molecule has 0 aliphatic heterocycles. The number of hydrogen-bond acceptors (Lipinski definition) is 2. The van der Waals surface area contributed by atoms with Crippen LogP contribution < -0.4 is 0 Å². The van der Waals surface area contributed by atoms with Gasteiger partial charge in [0.2, 0.25) is 5.95 Å². The first-order valence-electron chi connectivity index (χ1n) is 14.8. The molecule has 0 saturated heterocycles. The molecule has 0 spiro atoms. The third kappa shape index (κ3) is 10.0. The minimum atomic E-state index is -0.380. The minimum absolute atomic E-state index is 0.380. The predicted octanol–water partition coefficient (Wildman–Crippen LogP) is 9.90. The van der Waals surface area contributed by atoms with E-state index in [2.05, 4.69) is 35.9 Å². The van der Waals surface area contributed by atoms with Gasteiger partial charge >= 0.3 is 0 Å². The molecule has 0 amide bonds. The molecule has 1 saturated carbocycles. The molecule has 0 radical (unpaired) electrons. The average Bonchev–Trinajstić information content (AvgIpc) is 2.88. The van der Waals surface area contributed by atoms with E-state index in [0.717, 1.165) is 36.7 Å². The van der Waals surface area contributed by atoms with Crippen LogP contribution >= 0.6 is 0 Å². The minimum Gasteiger partial charge on any atom is -0.241 e. The Morgan fingerprint density at radius 2 is 1.31 bits per heavy atom. The summed E-state index contributed by atoms with van der Waals surface area (Å²) in [6.07, 6.45) is 24.8. The van der Waals surface area contributed by atoms with Crippen LogP contribution in [-0.2, 0) is 12.8 Å². The van der Waals surface area contributed by atoms with Gasteiger partial charge in [0.15, 0.2) is 0 Å². The van der Waals surface area contributed by atoms with Crippen molar-refractivity contribution in [1.29, 1.82) is 0 Å². The molecule has 1 aromatic heterocycles. The third-order valence-electron chi connectivity index (χ3n) is 8.08. The van der Waals surface area contributed by atoms with Gasteiger partial charge in [-0.25, -0.2) is 9.97 Å². The summed E-state index contributed by atoms with van der Waals surface area (Å²) >= 11 is 0. The number of aryl methyl sites for hydroxylation is 2. The Hall–Kier alpha value is -1.77. The molecule has 1 aliphatic rings. The second-order valence-electron chi connectivity index (χ2n) is 11.0. The lowest BCUT2D eigenvalue weighted by molar-refractivity contribution is 0.248. The topological polar surface area (TPSA) is 25.8 Å². The average molecular weight is 481 g/mol. The number of rotatable bonds is 16. The largest absolute Gasteiger partial charge is 0.241 e. The quantitative estimate of drug-likeness (QED) is 0.176. The zero-order valence-corrected chi connectivity index (χ0v) is 22.5.